The third-order valence-corrected chi connectivity index (χ3v) is 13.1. The monoisotopic (exact) mass is 788 g/mol. The van der Waals surface area contributed by atoms with E-state index in [1.54, 1.807) is 0 Å². The van der Waals surface area contributed by atoms with Crippen LogP contribution in [0.2, 0.25) is 0 Å². The summed E-state index contributed by atoms with van der Waals surface area (Å²) in [6, 6.07) is 78.6. The first-order valence-electron chi connectivity index (χ1n) is 21.2. The van der Waals surface area contributed by atoms with Crippen molar-refractivity contribution < 1.29 is 0 Å². The van der Waals surface area contributed by atoms with E-state index in [2.05, 4.69) is 187 Å². The number of benzene rings is 9. The van der Waals surface area contributed by atoms with E-state index in [1.165, 1.54) is 55.6 Å². The molecule has 0 N–H and O–H groups in total. The van der Waals surface area contributed by atoms with Crippen LogP contribution in [0, 0.1) is 0 Å². The summed E-state index contributed by atoms with van der Waals surface area (Å²) in [5.74, 6) is 1.84. The van der Waals surface area contributed by atoms with Crippen LogP contribution in [0.4, 0.5) is 0 Å². The highest BCUT2D eigenvalue weighted by atomic mass is 15.2. The van der Waals surface area contributed by atoms with Crippen LogP contribution in [-0.4, -0.2) is 19.5 Å². The molecule has 4 nitrogen and oxygen atoms in total. The molecule has 0 aliphatic heterocycles. The molecule has 11 aromatic rings. The average Bonchev–Trinajstić information content (AvgIpc) is 3.96. The standard InChI is InChI=1S/C58H36N4/c1-4-16-37(17-5-1)38-28-30-39(31-29-38)42-32-35-52-47(36-42)45-33-34-51-53(46-24-12-15-27-50(46)58(51)48-25-13-10-22-43(48)44-23-11-14-26-49(44)58)54(45)62(52)57-60-55(40-18-6-2-7-19-40)59-56(61-57)41-20-8-3-9-21-41/h1-36H. The third-order valence-electron chi connectivity index (χ3n) is 13.1. The minimum atomic E-state index is -0.496. The van der Waals surface area contributed by atoms with Gasteiger partial charge < -0.3 is 0 Å². The van der Waals surface area contributed by atoms with Crippen LogP contribution < -0.4 is 0 Å². The molecule has 0 saturated heterocycles. The van der Waals surface area contributed by atoms with Gasteiger partial charge in [0.15, 0.2) is 11.6 Å². The van der Waals surface area contributed by atoms with Gasteiger partial charge in [0.1, 0.15) is 0 Å². The zero-order valence-corrected chi connectivity index (χ0v) is 33.6. The van der Waals surface area contributed by atoms with E-state index >= 15 is 0 Å². The van der Waals surface area contributed by atoms with Gasteiger partial charge in [-0.15, -0.1) is 0 Å². The van der Waals surface area contributed by atoms with Gasteiger partial charge in [-0.05, 0) is 73.3 Å². The molecule has 2 aliphatic rings. The largest absolute Gasteiger partial charge is 0.277 e. The molecule has 1 spiro atoms. The van der Waals surface area contributed by atoms with E-state index in [9.17, 15) is 0 Å². The summed E-state index contributed by atoms with van der Waals surface area (Å²) in [4.78, 5) is 15.9. The average molecular weight is 789 g/mol. The van der Waals surface area contributed by atoms with E-state index < -0.39 is 5.41 Å². The van der Waals surface area contributed by atoms with Gasteiger partial charge in [-0.1, -0.05) is 206 Å². The Bertz CT molecular complexity index is 3450. The Labute approximate surface area is 359 Å². The number of hydrogen-bond acceptors (Lipinski definition) is 3. The maximum atomic E-state index is 5.37. The normalized spacial score (nSPS) is 13.0. The van der Waals surface area contributed by atoms with Gasteiger partial charge in [0.2, 0.25) is 5.95 Å². The third kappa shape index (κ3) is 4.92. The van der Waals surface area contributed by atoms with Crippen molar-refractivity contribution in [2.45, 2.75) is 5.41 Å². The highest BCUT2D eigenvalue weighted by Gasteiger charge is 2.52. The lowest BCUT2D eigenvalue weighted by Crippen LogP contribution is -2.25. The first-order chi connectivity index (χ1) is 30.8. The SMILES string of the molecule is c1ccc(-c2ccc(-c3ccc4c(c3)c3ccc5c(c3n4-c3nc(-c4ccccc4)nc(-c4ccccc4)n3)-c3ccccc3C53c4ccccc4-c4ccccc43)cc2)cc1. The Morgan fingerprint density at radius 3 is 1.35 bits per heavy atom. The minimum Gasteiger partial charge on any atom is -0.277 e. The Kier molecular flexibility index (Phi) is 7.49. The molecular formula is C58H36N4. The number of hydrogen-bond donors (Lipinski definition) is 0. The fourth-order valence-electron chi connectivity index (χ4n) is 10.5. The fraction of sp³-hybridized carbons (Fsp3) is 0.0172. The van der Waals surface area contributed by atoms with Crippen LogP contribution in [0.5, 0.6) is 0 Å². The van der Waals surface area contributed by atoms with E-state index in [0.29, 0.717) is 17.6 Å². The second-order valence-corrected chi connectivity index (χ2v) is 16.3. The quantitative estimate of drug-likeness (QED) is 0.174. The van der Waals surface area contributed by atoms with Crippen LogP contribution >= 0.6 is 0 Å². The molecule has 0 radical (unpaired) electrons. The summed E-state index contributed by atoms with van der Waals surface area (Å²) in [5.41, 5.74) is 18.4. The fourth-order valence-corrected chi connectivity index (χ4v) is 10.5. The van der Waals surface area contributed by atoms with Crippen molar-refractivity contribution >= 4 is 21.8 Å². The van der Waals surface area contributed by atoms with E-state index in [4.69, 9.17) is 15.0 Å². The van der Waals surface area contributed by atoms with Crippen molar-refractivity contribution in [1.29, 1.82) is 0 Å². The zero-order valence-electron chi connectivity index (χ0n) is 33.6. The van der Waals surface area contributed by atoms with Crippen LogP contribution in [0.1, 0.15) is 22.3 Å². The second-order valence-electron chi connectivity index (χ2n) is 16.3. The lowest BCUT2D eigenvalue weighted by atomic mass is 9.70. The molecule has 2 heterocycles. The van der Waals surface area contributed by atoms with Crippen molar-refractivity contribution in [3.63, 3.8) is 0 Å². The van der Waals surface area contributed by atoms with Crippen LogP contribution in [0.25, 0.3) is 95.0 Å². The summed E-state index contributed by atoms with van der Waals surface area (Å²) in [6.07, 6.45) is 0. The summed E-state index contributed by atoms with van der Waals surface area (Å²) in [5, 5.41) is 2.29. The second kappa shape index (κ2) is 13.4. The van der Waals surface area contributed by atoms with Gasteiger partial charge in [0.25, 0.3) is 0 Å². The molecule has 0 amide bonds. The van der Waals surface area contributed by atoms with Crippen molar-refractivity contribution in [1.82, 2.24) is 19.5 Å². The van der Waals surface area contributed by atoms with Gasteiger partial charge in [-0.2, -0.15) is 9.97 Å². The summed E-state index contributed by atoms with van der Waals surface area (Å²) < 4.78 is 2.31. The van der Waals surface area contributed by atoms with Gasteiger partial charge in [0, 0.05) is 27.5 Å². The smallest absolute Gasteiger partial charge is 0.238 e. The summed E-state index contributed by atoms with van der Waals surface area (Å²) in [7, 11) is 0. The van der Waals surface area contributed by atoms with E-state index in [0.717, 1.165) is 44.1 Å². The molecule has 288 valence electrons. The maximum Gasteiger partial charge on any atom is 0.238 e. The Morgan fingerprint density at radius 1 is 0.323 bits per heavy atom. The van der Waals surface area contributed by atoms with Gasteiger partial charge in [-0.3, -0.25) is 4.57 Å². The highest BCUT2D eigenvalue weighted by Crippen LogP contribution is 2.64. The number of nitrogens with zero attached hydrogens (tertiary/aromatic N) is 4. The molecule has 0 unspecified atom stereocenters. The lowest BCUT2D eigenvalue weighted by molar-refractivity contribution is 0.794. The van der Waals surface area contributed by atoms with Crippen LogP contribution in [0.3, 0.4) is 0 Å². The number of rotatable bonds is 5. The minimum absolute atomic E-state index is 0.496. The zero-order chi connectivity index (χ0) is 40.8. The molecular weight excluding hydrogens is 753 g/mol. The van der Waals surface area contributed by atoms with E-state index in [1.807, 2.05) is 36.4 Å². The molecule has 4 heteroatoms. The molecule has 2 aromatic heterocycles. The molecule has 0 saturated carbocycles. The predicted molar refractivity (Wildman–Crippen MR) is 252 cm³/mol. The molecule has 0 bridgehead atoms. The molecule has 9 aromatic carbocycles. The first-order valence-corrected chi connectivity index (χ1v) is 21.2. The van der Waals surface area contributed by atoms with Crippen molar-refractivity contribution in [3.05, 3.63) is 241 Å². The Morgan fingerprint density at radius 2 is 0.774 bits per heavy atom. The maximum absolute atomic E-state index is 5.37. The topological polar surface area (TPSA) is 43.6 Å². The number of aromatic nitrogens is 4. The summed E-state index contributed by atoms with van der Waals surface area (Å²) in [6.45, 7) is 0. The van der Waals surface area contributed by atoms with E-state index in [-0.39, 0.29) is 0 Å². The van der Waals surface area contributed by atoms with Crippen molar-refractivity contribution in [2.75, 3.05) is 0 Å². The van der Waals surface area contributed by atoms with Gasteiger partial charge in [0.05, 0.1) is 16.4 Å². The summed E-state index contributed by atoms with van der Waals surface area (Å²) >= 11 is 0. The molecule has 0 fully saturated rings. The molecule has 13 rings (SSSR count). The molecule has 0 atom stereocenters. The number of fused-ring (bicyclic) bond motifs is 14. The van der Waals surface area contributed by atoms with Crippen molar-refractivity contribution in [2.24, 2.45) is 0 Å². The predicted octanol–water partition coefficient (Wildman–Crippen LogP) is 14.0. The lowest BCUT2D eigenvalue weighted by Gasteiger charge is -2.30. The van der Waals surface area contributed by atoms with Crippen LogP contribution in [-0.2, 0) is 5.41 Å². The first kappa shape index (κ1) is 34.6. The van der Waals surface area contributed by atoms with Gasteiger partial charge >= 0.3 is 0 Å². The highest BCUT2D eigenvalue weighted by molar-refractivity contribution is 6.17. The van der Waals surface area contributed by atoms with Gasteiger partial charge in [-0.25, -0.2) is 4.98 Å². The van der Waals surface area contributed by atoms with Crippen molar-refractivity contribution in [3.8, 4) is 73.2 Å². The molecule has 2 aliphatic carbocycles. The Hall–Kier alpha value is -8.21. The van der Waals surface area contributed by atoms with Crippen LogP contribution in [0.15, 0.2) is 218 Å². The Balaban J connectivity index is 1.14. The molecule has 62 heavy (non-hydrogen) atoms.